The first-order chi connectivity index (χ1) is 12.9. The van der Waals surface area contributed by atoms with Gasteiger partial charge in [0.15, 0.2) is 0 Å². The summed E-state index contributed by atoms with van der Waals surface area (Å²) in [7, 11) is 0. The number of hydrogen-bond donors (Lipinski definition) is 1. The topological polar surface area (TPSA) is 81.8 Å². The molecule has 0 spiro atoms. The fraction of sp³-hybridized carbons (Fsp3) is 0.400. The highest BCUT2D eigenvalue weighted by Gasteiger charge is 2.20. The Balaban J connectivity index is 2.20. The van der Waals surface area contributed by atoms with E-state index in [9.17, 15) is 9.59 Å². The number of hydrogen-bond acceptors (Lipinski definition) is 4. The lowest BCUT2D eigenvalue weighted by molar-refractivity contribution is -0.121. The average Bonchev–Trinajstić information content (AvgIpc) is 3.07. The van der Waals surface area contributed by atoms with Gasteiger partial charge in [-0.05, 0) is 30.9 Å². The molecule has 0 aliphatic carbocycles. The second-order valence-electron chi connectivity index (χ2n) is 6.96. The number of aromatic nitrogens is 4. The van der Waals surface area contributed by atoms with Crippen molar-refractivity contribution in [2.75, 3.05) is 6.54 Å². The number of nitrogens with one attached hydrogen (secondary N) is 1. The van der Waals surface area contributed by atoms with Crippen molar-refractivity contribution in [1.82, 2.24) is 24.9 Å². The second kappa shape index (κ2) is 7.73. The first kappa shape index (κ1) is 18.8. The Morgan fingerprint density at radius 2 is 2.00 bits per heavy atom. The Bertz CT molecular complexity index is 1030. The zero-order valence-corrected chi connectivity index (χ0v) is 16.2. The summed E-state index contributed by atoms with van der Waals surface area (Å²) in [6, 6.07) is 7.76. The maximum absolute atomic E-state index is 13.1. The van der Waals surface area contributed by atoms with Crippen LogP contribution < -0.4 is 10.9 Å². The van der Waals surface area contributed by atoms with Crippen LogP contribution in [0.4, 0.5) is 0 Å². The zero-order valence-electron chi connectivity index (χ0n) is 16.2. The Labute approximate surface area is 158 Å². The molecule has 0 atom stereocenters. The van der Waals surface area contributed by atoms with Crippen LogP contribution >= 0.6 is 0 Å². The van der Waals surface area contributed by atoms with Gasteiger partial charge in [-0.25, -0.2) is 9.36 Å². The van der Waals surface area contributed by atoms with Crippen molar-refractivity contribution in [3.63, 3.8) is 0 Å². The van der Waals surface area contributed by atoms with Crippen LogP contribution in [-0.4, -0.2) is 32.0 Å². The molecule has 0 bridgehead atoms. The van der Waals surface area contributed by atoms with Gasteiger partial charge in [-0.15, -0.1) is 0 Å². The molecule has 7 nitrogen and oxygen atoms in total. The maximum atomic E-state index is 13.1. The minimum Gasteiger partial charge on any atom is -0.355 e. The molecule has 0 aliphatic heterocycles. The lowest BCUT2D eigenvalue weighted by Gasteiger charge is -2.13. The van der Waals surface area contributed by atoms with Gasteiger partial charge in [-0.1, -0.05) is 39.0 Å². The highest BCUT2D eigenvalue weighted by molar-refractivity contribution is 5.83. The molecule has 2 aromatic heterocycles. The minimum atomic E-state index is -0.318. The number of carbonyl (C=O) groups is 1. The van der Waals surface area contributed by atoms with Crippen LogP contribution in [0.2, 0.25) is 0 Å². The molecule has 3 rings (SSSR count). The average molecular weight is 367 g/mol. The minimum absolute atomic E-state index is 0.0903. The first-order valence-electron chi connectivity index (χ1n) is 9.25. The number of carbonyl (C=O) groups excluding carboxylic acids is 1. The van der Waals surface area contributed by atoms with Crippen LogP contribution in [-0.2, 0) is 11.3 Å². The highest BCUT2D eigenvalue weighted by atomic mass is 16.2. The maximum Gasteiger partial charge on any atom is 0.293 e. The molecule has 0 unspecified atom stereocenters. The van der Waals surface area contributed by atoms with Crippen LogP contribution in [0.15, 0.2) is 35.3 Å². The zero-order chi connectivity index (χ0) is 19.6. The number of benzene rings is 1. The van der Waals surface area contributed by atoms with Crippen molar-refractivity contribution >= 4 is 16.8 Å². The molecule has 142 valence electrons. The fourth-order valence-electron chi connectivity index (χ4n) is 3.07. The van der Waals surface area contributed by atoms with Gasteiger partial charge < -0.3 is 5.32 Å². The molecule has 1 aromatic carbocycles. The Morgan fingerprint density at radius 3 is 2.67 bits per heavy atom. The lowest BCUT2D eigenvalue weighted by atomic mass is 10.1. The molecule has 0 fully saturated rings. The molecule has 0 saturated heterocycles. The molecule has 27 heavy (non-hydrogen) atoms. The number of aryl methyl sites for hydroxylation is 1. The van der Waals surface area contributed by atoms with E-state index in [2.05, 4.69) is 15.5 Å². The van der Waals surface area contributed by atoms with Gasteiger partial charge in [0.1, 0.15) is 12.1 Å². The molecular formula is C20H25N5O2. The van der Waals surface area contributed by atoms with Gasteiger partial charge in [0.2, 0.25) is 5.91 Å². The summed E-state index contributed by atoms with van der Waals surface area (Å²) in [5.41, 5.74) is 2.74. The van der Waals surface area contributed by atoms with E-state index in [0.29, 0.717) is 12.1 Å². The Kier molecular flexibility index (Phi) is 5.39. The van der Waals surface area contributed by atoms with Crippen LogP contribution in [0, 0.1) is 6.92 Å². The van der Waals surface area contributed by atoms with E-state index in [1.807, 2.05) is 52.0 Å². The number of rotatable bonds is 6. The van der Waals surface area contributed by atoms with Gasteiger partial charge in [0.25, 0.3) is 5.56 Å². The van der Waals surface area contributed by atoms with E-state index in [0.717, 1.165) is 28.8 Å². The lowest BCUT2D eigenvalue weighted by Crippen LogP contribution is -2.35. The predicted molar refractivity (Wildman–Crippen MR) is 105 cm³/mol. The summed E-state index contributed by atoms with van der Waals surface area (Å²) in [4.78, 5) is 25.3. The van der Waals surface area contributed by atoms with Gasteiger partial charge in [-0.2, -0.15) is 10.2 Å². The fourth-order valence-corrected chi connectivity index (χ4v) is 3.07. The van der Waals surface area contributed by atoms with Crippen molar-refractivity contribution in [2.45, 2.75) is 46.6 Å². The predicted octanol–water partition coefficient (Wildman–Crippen LogP) is 2.54. The summed E-state index contributed by atoms with van der Waals surface area (Å²) >= 11 is 0. The van der Waals surface area contributed by atoms with Crippen molar-refractivity contribution in [3.8, 4) is 5.69 Å². The van der Waals surface area contributed by atoms with E-state index >= 15 is 0 Å². The number of para-hydroxylation sites is 1. The van der Waals surface area contributed by atoms with Crippen LogP contribution in [0.3, 0.4) is 0 Å². The van der Waals surface area contributed by atoms with Crippen molar-refractivity contribution < 1.29 is 4.79 Å². The third kappa shape index (κ3) is 3.63. The van der Waals surface area contributed by atoms with Crippen LogP contribution in [0.1, 0.15) is 44.4 Å². The van der Waals surface area contributed by atoms with E-state index in [-0.39, 0.29) is 23.9 Å². The van der Waals surface area contributed by atoms with E-state index < -0.39 is 0 Å². The van der Waals surface area contributed by atoms with Crippen molar-refractivity contribution in [3.05, 3.63) is 52.1 Å². The molecule has 3 aromatic rings. The smallest absolute Gasteiger partial charge is 0.293 e. The largest absolute Gasteiger partial charge is 0.355 e. The molecule has 0 saturated carbocycles. The Hall–Kier alpha value is -2.96. The Morgan fingerprint density at radius 1 is 1.26 bits per heavy atom. The van der Waals surface area contributed by atoms with Crippen molar-refractivity contribution in [1.29, 1.82) is 0 Å². The monoisotopic (exact) mass is 367 g/mol. The second-order valence-corrected chi connectivity index (χ2v) is 6.96. The van der Waals surface area contributed by atoms with Gasteiger partial charge in [0, 0.05) is 11.9 Å². The molecule has 7 heteroatoms. The molecular weight excluding hydrogens is 342 g/mol. The summed E-state index contributed by atoms with van der Waals surface area (Å²) in [5.74, 6) is -0.130. The van der Waals surface area contributed by atoms with Gasteiger partial charge >= 0.3 is 0 Å². The number of fused-ring (bicyclic) bond motifs is 1. The summed E-state index contributed by atoms with van der Waals surface area (Å²) in [5, 5.41) is 12.4. The molecule has 1 N–H and O–H groups in total. The van der Waals surface area contributed by atoms with Crippen molar-refractivity contribution in [2.24, 2.45) is 0 Å². The summed E-state index contributed by atoms with van der Waals surface area (Å²) in [6.45, 7) is 8.46. The number of amides is 1. The third-order valence-electron chi connectivity index (χ3n) is 4.47. The van der Waals surface area contributed by atoms with E-state index in [1.54, 1.807) is 10.9 Å². The normalized spacial score (nSPS) is 11.3. The molecule has 0 radical (unpaired) electrons. The standard InChI is InChI=1S/C20H25N5O2/c1-5-10-21-17(26)12-24-20(27)19-15(18(23-24)13(2)3)11-22-25(19)16-9-7-6-8-14(16)4/h6-9,11,13H,5,10,12H2,1-4H3,(H,21,26). The summed E-state index contributed by atoms with van der Waals surface area (Å²) < 4.78 is 2.90. The van der Waals surface area contributed by atoms with Crippen LogP contribution in [0.25, 0.3) is 16.6 Å². The molecule has 0 aliphatic rings. The number of nitrogens with zero attached hydrogens (tertiary/aromatic N) is 4. The molecule has 1 amide bonds. The highest BCUT2D eigenvalue weighted by Crippen LogP contribution is 2.24. The van der Waals surface area contributed by atoms with E-state index in [1.165, 1.54) is 4.68 Å². The van der Waals surface area contributed by atoms with Crippen LogP contribution in [0.5, 0.6) is 0 Å². The SMILES string of the molecule is CCCNC(=O)Cn1nc(C(C)C)c2cnn(-c3ccccc3C)c2c1=O. The van der Waals surface area contributed by atoms with Gasteiger partial charge in [-0.3, -0.25) is 9.59 Å². The first-order valence-corrected chi connectivity index (χ1v) is 9.25. The quantitative estimate of drug-likeness (QED) is 0.726. The molecule has 2 heterocycles. The van der Waals surface area contributed by atoms with E-state index in [4.69, 9.17) is 0 Å². The van der Waals surface area contributed by atoms with Gasteiger partial charge in [0.05, 0.1) is 17.6 Å². The summed E-state index contributed by atoms with van der Waals surface area (Å²) in [6.07, 6.45) is 2.53. The third-order valence-corrected chi connectivity index (χ3v) is 4.47.